The molecule has 196 valence electrons. The van der Waals surface area contributed by atoms with Crippen LogP contribution in [-0.2, 0) is 14.3 Å². The molecule has 38 heavy (non-hydrogen) atoms. The Morgan fingerprint density at radius 3 is 2.50 bits per heavy atom. The van der Waals surface area contributed by atoms with Gasteiger partial charge in [-0.25, -0.2) is 0 Å². The number of allylic oxidation sites excluding steroid dienone is 3. The Hall–Kier alpha value is -3.64. The summed E-state index contributed by atoms with van der Waals surface area (Å²) in [5, 5.41) is 19.7. The fourth-order valence-electron chi connectivity index (χ4n) is 8.40. The average Bonchev–Trinajstić information content (AvgIpc) is 3.16. The summed E-state index contributed by atoms with van der Waals surface area (Å²) in [5.74, 6) is 0.261. The molecule has 0 saturated heterocycles. The van der Waals surface area contributed by atoms with Crippen LogP contribution in [0.15, 0.2) is 52.6 Å². The topological polar surface area (TPSA) is 117 Å². The van der Waals surface area contributed by atoms with Crippen molar-refractivity contribution >= 4 is 18.0 Å². The van der Waals surface area contributed by atoms with Crippen molar-refractivity contribution in [2.75, 3.05) is 0 Å². The lowest BCUT2D eigenvalue weighted by molar-refractivity contribution is -0.148. The number of primary amides is 1. The van der Waals surface area contributed by atoms with Crippen molar-refractivity contribution in [2.45, 2.75) is 71.8 Å². The zero-order chi connectivity index (χ0) is 27.2. The second kappa shape index (κ2) is 9.59. The number of benzene rings is 1. The van der Waals surface area contributed by atoms with Crippen LogP contribution in [0.3, 0.4) is 0 Å². The molecule has 0 heterocycles. The molecule has 3 fully saturated rings. The number of amides is 1. The lowest BCUT2D eigenvalue weighted by Gasteiger charge is -2.57. The van der Waals surface area contributed by atoms with Gasteiger partial charge >= 0.3 is 5.97 Å². The normalized spacial score (nSPS) is 36.0. The van der Waals surface area contributed by atoms with E-state index in [0.29, 0.717) is 17.4 Å². The van der Waals surface area contributed by atoms with Gasteiger partial charge < -0.3 is 10.5 Å². The minimum atomic E-state index is -0.687. The highest BCUT2D eigenvalue weighted by Gasteiger charge is 2.59. The van der Waals surface area contributed by atoms with Crippen LogP contribution in [0, 0.1) is 51.2 Å². The van der Waals surface area contributed by atoms with Crippen molar-refractivity contribution < 1.29 is 14.3 Å². The van der Waals surface area contributed by atoms with Crippen molar-refractivity contribution in [3.63, 3.8) is 0 Å². The summed E-state index contributed by atoms with van der Waals surface area (Å²) in [6.07, 6.45) is 10.6. The molecule has 0 bridgehead atoms. The van der Waals surface area contributed by atoms with E-state index in [0.717, 1.165) is 61.7 Å². The largest absolute Gasteiger partial charge is 0.462 e. The molecule has 4 aliphatic carbocycles. The summed E-state index contributed by atoms with van der Waals surface area (Å²) >= 11 is 0. The maximum atomic E-state index is 12.5. The Kier molecular flexibility index (Phi) is 6.56. The standard InChI is InChI=1S/C32H35N3O3/c1-19(36)38-24-10-12-31(2)23(16-24)8-9-25-27(31)11-13-32(3)28(25)15-22(29(32)26(18-34)30(35)37)14-20-6-4-5-7-21(20)17-33/h4-8,14,24-25,27-28H,9-13,15-16H2,1-3H3,(H2,35,37)/b22-14+,29-26+/t24-,25+,27-,28-,31-,32-/m0/s1. The summed E-state index contributed by atoms with van der Waals surface area (Å²) in [6, 6.07) is 11.8. The van der Waals surface area contributed by atoms with Crippen LogP contribution in [-0.4, -0.2) is 18.0 Å². The molecule has 1 aromatic rings. The van der Waals surface area contributed by atoms with E-state index >= 15 is 0 Å². The SMILES string of the molecule is CC(=O)O[C@H]1CC[C@@]2(C)C(=CC[C@@H]3[C@@H]2CC[C@]2(C)C(=C(\C#N)C(N)=O)/C(=C/c4ccccc4C#N)C[C@@H]32)C1. The highest BCUT2D eigenvalue weighted by molar-refractivity contribution is 5.98. The first-order valence-electron chi connectivity index (χ1n) is 13.6. The fourth-order valence-corrected chi connectivity index (χ4v) is 8.40. The summed E-state index contributed by atoms with van der Waals surface area (Å²) in [7, 11) is 0. The molecular weight excluding hydrogens is 474 g/mol. The second-order valence-electron chi connectivity index (χ2n) is 12.0. The van der Waals surface area contributed by atoms with Gasteiger partial charge in [0, 0.05) is 13.3 Å². The van der Waals surface area contributed by atoms with Crippen LogP contribution in [0.2, 0.25) is 0 Å². The van der Waals surface area contributed by atoms with Crippen LogP contribution < -0.4 is 5.73 Å². The smallest absolute Gasteiger partial charge is 0.302 e. The first-order chi connectivity index (χ1) is 18.1. The van der Waals surface area contributed by atoms with Crippen molar-refractivity contribution in [1.82, 2.24) is 0 Å². The Bertz CT molecular complexity index is 1370. The van der Waals surface area contributed by atoms with Crippen molar-refractivity contribution in [3.8, 4) is 12.1 Å². The predicted octanol–water partition coefficient (Wildman–Crippen LogP) is 5.75. The van der Waals surface area contributed by atoms with Gasteiger partial charge in [0.15, 0.2) is 0 Å². The number of carbonyl (C=O) groups is 2. The number of carbonyl (C=O) groups excluding carboxylic acids is 2. The van der Waals surface area contributed by atoms with Crippen LogP contribution >= 0.6 is 0 Å². The van der Waals surface area contributed by atoms with E-state index in [-0.39, 0.29) is 34.4 Å². The zero-order valence-corrected chi connectivity index (χ0v) is 22.4. The molecule has 0 radical (unpaired) electrons. The van der Waals surface area contributed by atoms with Crippen LogP contribution in [0.25, 0.3) is 6.08 Å². The molecule has 0 aromatic heterocycles. The zero-order valence-electron chi connectivity index (χ0n) is 22.4. The number of hydrogen-bond donors (Lipinski definition) is 1. The summed E-state index contributed by atoms with van der Waals surface area (Å²) < 4.78 is 5.58. The monoisotopic (exact) mass is 509 g/mol. The molecule has 6 nitrogen and oxygen atoms in total. The Morgan fingerprint density at radius 1 is 1.08 bits per heavy atom. The number of esters is 1. The highest BCUT2D eigenvalue weighted by Crippen LogP contribution is 2.67. The van der Waals surface area contributed by atoms with E-state index in [1.54, 1.807) is 6.07 Å². The minimum Gasteiger partial charge on any atom is -0.462 e. The minimum absolute atomic E-state index is 0.0401. The molecule has 5 rings (SSSR count). The van der Waals surface area contributed by atoms with Gasteiger partial charge in [-0.1, -0.05) is 49.8 Å². The number of fused-ring (bicyclic) bond motifs is 5. The molecule has 3 saturated carbocycles. The van der Waals surface area contributed by atoms with E-state index in [9.17, 15) is 20.1 Å². The molecule has 0 spiro atoms. The van der Waals surface area contributed by atoms with Gasteiger partial charge in [-0.2, -0.15) is 10.5 Å². The van der Waals surface area contributed by atoms with Gasteiger partial charge in [-0.15, -0.1) is 0 Å². The Labute approximate surface area is 224 Å². The fraction of sp³-hybridized carbons (Fsp3) is 0.500. The van der Waals surface area contributed by atoms with Crippen molar-refractivity contribution in [1.29, 1.82) is 10.5 Å². The maximum absolute atomic E-state index is 12.5. The van der Waals surface area contributed by atoms with E-state index in [2.05, 4.69) is 32.1 Å². The third kappa shape index (κ3) is 4.08. The van der Waals surface area contributed by atoms with Gasteiger partial charge in [0.05, 0.1) is 11.6 Å². The average molecular weight is 510 g/mol. The quantitative estimate of drug-likeness (QED) is 0.241. The lowest BCUT2D eigenvalue weighted by atomic mass is 9.47. The van der Waals surface area contributed by atoms with Gasteiger partial charge in [0.25, 0.3) is 5.91 Å². The molecule has 6 atom stereocenters. The van der Waals surface area contributed by atoms with Crippen LogP contribution in [0.5, 0.6) is 0 Å². The molecule has 1 amide bonds. The van der Waals surface area contributed by atoms with E-state index in [1.807, 2.05) is 24.3 Å². The molecule has 6 heteroatoms. The first kappa shape index (κ1) is 26.0. The molecule has 1 aromatic carbocycles. The molecule has 0 aliphatic heterocycles. The predicted molar refractivity (Wildman–Crippen MR) is 144 cm³/mol. The number of hydrogen-bond acceptors (Lipinski definition) is 5. The molecule has 2 N–H and O–H groups in total. The van der Waals surface area contributed by atoms with Gasteiger partial charge in [0.1, 0.15) is 17.7 Å². The van der Waals surface area contributed by atoms with E-state index < -0.39 is 5.91 Å². The van der Waals surface area contributed by atoms with E-state index in [1.165, 1.54) is 12.5 Å². The second-order valence-corrected chi connectivity index (χ2v) is 12.0. The summed E-state index contributed by atoms with van der Waals surface area (Å²) in [4.78, 5) is 24.1. The molecule has 0 unspecified atom stereocenters. The van der Waals surface area contributed by atoms with Gasteiger partial charge in [0.2, 0.25) is 0 Å². The summed E-state index contributed by atoms with van der Waals surface area (Å²) in [5.41, 5.74) is 10.0. The highest BCUT2D eigenvalue weighted by atomic mass is 16.5. The number of nitriles is 2. The van der Waals surface area contributed by atoms with E-state index in [4.69, 9.17) is 10.5 Å². The number of rotatable bonds is 3. The molecule has 4 aliphatic rings. The summed E-state index contributed by atoms with van der Waals surface area (Å²) in [6.45, 7) is 6.08. The third-order valence-corrected chi connectivity index (χ3v) is 10.1. The van der Waals surface area contributed by atoms with Gasteiger partial charge in [-0.3, -0.25) is 9.59 Å². The number of ether oxygens (including phenoxy) is 1. The Balaban J connectivity index is 1.57. The number of nitrogens with zero attached hydrogens (tertiary/aromatic N) is 2. The maximum Gasteiger partial charge on any atom is 0.302 e. The van der Waals surface area contributed by atoms with Crippen LogP contribution in [0.1, 0.15) is 76.8 Å². The molecular formula is C32H35N3O3. The van der Waals surface area contributed by atoms with Gasteiger partial charge in [-0.05, 0) is 89.9 Å². The van der Waals surface area contributed by atoms with Crippen LogP contribution in [0.4, 0.5) is 0 Å². The third-order valence-electron chi connectivity index (χ3n) is 10.1. The first-order valence-corrected chi connectivity index (χ1v) is 13.6. The lowest BCUT2D eigenvalue weighted by Crippen LogP contribution is -2.50. The number of nitrogens with two attached hydrogens (primary N) is 1. The van der Waals surface area contributed by atoms with Crippen molar-refractivity contribution in [3.05, 3.63) is 63.8 Å². The van der Waals surface area contributed by atoms with Crippen molar-refractivity contribution in [2.24, 2.45) is 34.3 Å². The Morgan fingerprint density at radius 2 is 1.82 bits per heavy atom.